The van der Waals surface area contributed by atoms with Crippen LogP contribution in [0.25, 0.3) is 32.9 Å². The number of unbranched alkanes of at least 4 members (excludes halogenated alkanes) is 8. The summed E-state index contributed by atoms with van der Waals surface area (Å²) in [7, 11) is 0. The van der Waals surface area contributed by atoms with E-state index >= 15 is 8.78 Å². The number of pyridine rings is 1. The van der Waals surface area contributed by atoms with Crippen LogP contribution in [0.5, 0.6) is 11.8 Å². The molecule has 376 valence electrons. The van der Waals surface area contributed by atoms with Crippen molar-refractivity contribution in [2.45, 2.75) is 153 Å². The molecule has 0 saturated carbocycles. The lowest BCUT2D eigenvalue weighted by molar-refractivity contribution is -0.153. The van der Waals surface area contributed by atoms with E-state index in [1.165, 1.54) is 24.4 Å². The normalized spacial score (nSPS) is 20.8. The van der Waals surface area contributed by atoms with Gasteiger partial charge in [0, 0.05) is 68.1 Å². The molecule has 0 spiro atoms. The molecule has 0 radical (unpaired) electrons. The molecule has 4 saturated heterocycles. The number of halogens is 3. The zero-order chi connectivity index (χ0) is 49.2. The number of anilines is 1. The van der Waals surface area contributed by atoms with Crippen LogP contribution in [0.3, 0.4) is 0 Å². The molecule has 2 unspecified atom stereocenters. The molecule has 0 amide bonds. The summed E-state index contributed by atoms with van der Waals surface area (Å²) in [5.74, 6) is 0.0988. The van der Waals surface area contributed by atoms with Gasteiger partial charge in [0.1, 0.15) is 54.6 Å². The van der Waals surface area contributed by atoms with Crippen molar-refractivity contribution in [2.24, 2.45) is 0 Å². The molecule has 17 heteroatoms. The molecule has 8 rings (SSSR count). The molecule has 4 aliphatic heterocycles. The number of carbonyl (C=O) groups excluding carboxylic acids is 3. The number of piperazine rings is 1. The zero-order valence-electron chi connectivity index (χ0n) is 40.4. The van der Waals surface area contributed by atoms with Crippen molar-refractivity contribution in [3.05, 3.63) is 47.7 Å². The van der Waals surface area contributed by atoms with Crippen LogP contribution >= 0.6 is 0 Å². The number of aromatic nitrogens is 3. The first-order valence-electron chi connectivity index (χ1n) is 25.3. The lowest BCUT2D eigenvalue weighted by Gasteiger charge is -2.34. The van der Waals surface area contributed by atoms with Gasteiger partial charge in [0.25, 0.3) is 0 Å². The van der Waals surface area contributed by atoms with Crippen LogP contribution in [0.4, 0.5) is 23.8 Å². The molecule has 2 aromatic heterocycles. The van der Waals surface area contributed by atoms with Crippen molar-refractivity contribution in [1.82, 2.24) is 25.2 Å². The topological polar surface area (TPSA) is 155 Å². The summed E-state index contributed by atoms with van der Waals surface area (Å²) in [6.45, 7) is 5.86. The van der Waals surface area contributed by atoms with Gasteiger partial charge in [-0.25, -0.2) is 18.0 Å². The summed E-state index contributed by atoms with van der Waals surface area (Å²) in [6.07, 6.45) is 17.5. The average Bonchev–Trinajstić information content (AvgIpc) is 4.00. The molecule has 1 N–H and O–H groups in total. The molecule has 4 aliphatic rings. The predicted octanol–water partition coefficient (Wildman–Crippen LogP) is 9.69. The van der Waals surface area contributed by atoms with Crippen LogP contribution in [0.2, 0.25) is 0 Å². The van der Waals surface area contributed by atoms with E-state index in [4.69, 9.17) is 35.1 Å². The smallest absolute Gasteiger partial charge is 0.462 e. The first-order chi connectivity index (χ1) is 34.0. The number of terminal acetylenes is 1. The number of hydrogen-bond acceptors (Lipinski definition) is 14. The second-order valence-electron chi connectivity index (χ2n) is 19.3. The Bertz CT molecular complexity index is 2520. The minimum absolute atomic E-state index is 0.00675. The molecule has 2 aromatic carbocycles. The van der Waals surface area contributed by atoms with E-state index in [1.807, 2.05) is 0 Å². The van der Waals surface area contributed by atoms with E-state index in [0.29, 0.717) is 55.5 Å². The minimum atomic E-state index is -1.24. The predicted molar refractivity (Wildman–Crippen MR) is 258 cm³/mol. The lowest BCUT2D eigenvalue weighted by Crippen LogP contribution is -2.51. The molecule has 4 fully saturated rings. The van der Waals surface area contributed by atoms with Gasteiger partial charge < -0.3 is 33.9 Å². The molecule has 70 heavy (non-hydrogen) atoms. The monoisotopic (exact) mass is 970 g/mol. The van der Waals surface area contributed by atoms with Gasteiger partial charge in [-0.05, 0) is 68.7 Å². The van der Waals surface area contributed by atoms with Gasteiger partial charge in [-0.2, -0.15) is 9.97 Å². The third-order valence-electron chi connectivity index (χ3n) is 14.1. The highest BCUT2D eigenvalue weighted by molar-refractivity contribution is 6.03. The van der Waals surface area contributed by atoms with Crippen molar-refractivity contribution < 1.29 is 51.2 Å². The summed E-state index contributed by atoms with van der Waals surface area (Å²) in [5, 5.41) is 4.36. The number of fused-ring (bicyclic) bond motifs is 5. The second-order valence-corrected chi connectivity index (χ2v) is 19.3. The molecule has 6 heterocycles. The van der Waals surface area contributed by atoms with Crippen LogP contribution in [0.1, 0.15) is 129 Å². The highest BCUT2D eigenvalue weighted by Crippen LogP contribution is 2.42. The molecule has 4 atom stereocenters. The Balaban J connectivity index is 1.08. The number of carbonyl (C=O) groups is 3. The maximum Gasteiger partial charge on any atom is 0.514 e. The van der Waals surface area contributed by atoms with Crippen molar-refractivity contribution in [1.29, 1.82) is 0 Å². The molecule has 0 aliphatic carbocycles. The maximum atomic E-state index is 17.6. The lowest BCUT2D eigenvalue weighted by atomic mass is 9.95. The number of ether oxygens (including phenoxy) is 5. The number of esters is 2. The van der Waals surface area contributed by atoms with Crippen LogP contribution in [-0.4, -0.2) is 114 Å². The van der Waals surface area contributed by atoms with Gasteiger partial charge in [0.15, 0.2) is 11.9 Å². The Morgan fingerprint density at radius 3 is 2.27 bits per heavy atom. The van der Waals surface area contributed by atoms with Gasteiger partial charge in [0.2, 0.25) is 0 Å². The van der Waals surface area contributed by atoms with Crippen molar-refractivity contribution >= 4 is 45.6 Å². The van der Waals surface area contributed by atoms with Crippen molar-refractivity contribution in [3.63, 3.8) is 0 Å². The van der Waals surface area contributed by atoms with E-state index in [9.17, 15) is 18.8 Å². The molecular formula is C53H65F3N6O8. The summed E-state index contributed by atoms with van der Waals surface area (Å²) in [4.78, 5) is 57.2. The first kappa shape index (κ1) is 50.7. The van der Waals surface area contributed by atoms with E-state index in [-0.39, 0.29) is 71.0 Å². The Morgan fingerprint density at radius 1 is 0.914 bits per heavy atom. The Kier molecular flexibility index (Phi) is 17.0. The standard InChI is InChI=1S/C53H65F3N6O8/c1-4-7-9-11-13-16-44(63)66-31-39(32-67-45(64)17-14-12-10-8-5-2)70-52(65)69-38-24-34-18-21-43(55)40(6-3)46(34)41(25-38)48-47(56)49-42(27-57-48)50(61-29-36-19-20-37(30-61)58-36)60-51(59-49)68-33-53-22-15-23-62(53)28-35(54)26-53/h3,18,21,24-25,27,35-37,39,58H,4-5,7-17,19-20,22-23,26,28-33H2,1-2H3/t35-,36?,37?,53+/m1/s1. The van der Waals surface area contributed by atoms with Crippen LogP contribution in [-0.2, 0) is 23.8 Å². The molecule has 2 bridgehead atoms. The third-order valence-corrected chi connectivity index (χ3v) is 14.1. The fourth-order valence-corrected chi connectivity index (χ4v) is 10.6. The van der Waals surface area contributed by atoms with Gasteiger partial charge in [0.05, 0.1) is 16.5 Å². The van der Waals surface area contributed by atoms with Crippen molar-refractivity contribution in [2.75, 3.05) is 50.9 Å². The summed E-state index contributed by atoms with van der Waals surface area (Å²) < 4.78 is 76.4. The van der Waals surface area contributed by atoms with Gasteiger partial charge >= 0.3 is 24.1 Å². The second kappa shape index (κ2) is 23.5. The van der Waals surface area contributed by atoms with E-state index in [1.54, 1.807) is 0 Å². The minimum Gasteiger partial charge on any atom is -0.462 e. The largest absolute Gasteiger partial charge is 0.514 e. The molecular weight excluding hydrogens is 906 g/mol. The third kappa shape index (κ3) is 12.1. The van der Waals surface area contributed by atoms with Crippen LogP contribution in [0, 0.1) is 24.0 Å². The Labute approximate surface area is 407 Å². The van der Waals surface area contributed by atoms with Gasteiger partial charge in [-0.15, -0.1) is 6.42 Å². The highest BCUT2D eigenvalue weighted by atomic mass is 19.1. The Morgan fingerprint density at radius 2 is 1.60 bits per heavy atom. The van der Waals surface area contributed by atoms with Crippen LogP contribution < -0.4 is 19.7 Å². The number of rotatable bonds is 23. The quantitative estimate of drug-likeness (QED) is 0.0247. The SMILES string of the molecule is C#Cc1c(F)ccc2cc(OC(=O)OC(COC(=O)CCCCCCC)COC(=O)CCCCCCC)cc(-c3ncc4c(N5CC6CCC(C5)N6)nc(OC[C@@]56CCCN5C[C@H](F)C6)nc4c3F)c12. The van der Waals surface area contributed by atoms with E-state index in [2.05, 4.69) is 44.9 Å². The fraction of sp³-hybridized carbons (Fsp3) is 0.585. The number of nitrogens with one attached hydrogen (secondary N) is 1. The number of benzene rings is 2. The maximum absolute atomic E-state index is 17.6. The fourth-order valence-electron chi connectivity index (χ4n) is 10.6. The summed E-state index contributed by atoms with van der Waals surface area (Å²) in [5.41, 5.74) is -1.08. The van der Waals surface area contributed by atoms with E-state index < -0.39 is 60.8 Å². The average molecular weight is 971 g/mol. The summed E-state index contributed by atoms with van der Waals surface area (Å²) >= 11 is 0. The first-order valence-corrected chi connectivity index (χ1v) is 25.3. The molecule has 4 aromatic rings. The Hall–Kier alpha value is -5.73. The zero-order valence-corrected chi connectivity index (χ0v) is 40.4. The van der Waals surface area contributed by atoms with Gasteiger partial charge in [-0.3, -0.25) is 19.5 Å². The van der Waals surface area contributed by atoms with Gasteiger partial charge in [-0.1, -0.05) is 77.2 Å². The number of hydrogen-bond donors (Lipinski definition) is 1. The number of alkyl halides is 1. The van der Waals surface area contributed by atoms with Crippen molar-refractivity contribution in [3.8, 4) is 35.4 Å². The highest BCUT2D eigenvalue weighted by Gasteiger charge is 2.49. The van der Waals surface area contributed by atoms with E-state index in [0.717, 1.165) is 89.7 Å². The molecule has 14 nitrogen and oxygen atoms in total. The summed E-state index contributed by atoms with van der Waals surface area (Å²) in [6, 6.07) is 5.66. The number of nitrogens with zero attached hydrogens (tertiary/aromatic N) is 5. The van der Waals surface area contributed by atoms with Crippen LogP contribution in [0.15, 0.2) is 30.5 Å².